The molecule has 0 bridgehead atoms. The van der Waals surface area contributed by atoms with E-state index in [0.29, 0.717) is 6.61 Å². The van der Waals surface area contributed by atoms with Gasteiger partial charge in [-0.2, -0.15) is 5.10 Å². The van der Waals surface area contributed by atoms with Gasteiger partial charge in [0.1, 0.15) is 0 Å². The molecule has 0 aliphatic carbocycles. The highest BCUT2D eigenvalue weighted by Gasteiger charge is 2.17. The maximum Gasteiger partial charge on any atom is 0.0725 e. The van der Waals surface area contributed by atoms with E-state index in [9.17, 15) is 0 Å². The third kappa shape index (κ3) is 2.47. The molecule has 1 unspecified atom stereocenters. The van der Waals surface area contributed by atoms with Crippen molar-refractivity contribution in [2.24, 2.45) is 12.9 Å². The Morgan fingerprint density at radius 1 is 1.35 bits per heavy atom. The highest BCUT2D eigenvalue weighted by Crippen LogP contribution is 2.25. The zero-order valence-corrected chi connectivity index (χ0v) is 11.9. The number of nitrogens with zero attached hydrogens (tertiary/aromatic N) is 2. The molecule has 0 saturated carbocycles. The Balaban J connectivity index is 1.84. The van der Waals surface area contributed by atoms with Gasteiger partial charge in [-0.3, -0.25) is 16.0 Å². The highest BCUT2D eigenvalue weighted by molar-refractivity contribution is 5.35. The zero-order valence-electron chi connectivity index (χ0n) is 11.9. The highest BCUT2D eigenvalue weighted by atomic mass is 16.5. The summed E-state index contributed by atoms with van der Waals surface area (Å²) < 4.78 is 7.37. The molecule has 5 nitrogen and oxygen atoms in total. The molecule has 0 saturated heterocycles. The minimum absolute atomic E-state index is 0.0794. The minimum atomic E-state index is 0.0794. The summed E-state index contributed by atoms with van der Waals surface area (Å²) in [6, 6.07) is 8.63. The van der Waals surface area contributed by atoms with Crippen LogP contribution in [0.3, 0.4) is 0 Å². The van der Waals surface area contributed by atoms with E-state index < -0.39 is 0 Å². The van der Waals surface area contributed by atoms with Crippen molar-refractivity contribution in [3.8, 4) is 0 Å². The summed E-state index contributed by atoms with van der Waals surface area (Å²) >= 11 is 0. The number of hydrazine groups is 1. The fraction of sp³-hybridized carbons (Fsp3) is 0.400. The lowest BCUT2D eigenvalue weighted by molar-refractivity contribution is 0.134. The van der Waals surface area contributed by atoms with E-state index in [4.69, 9.17) is 10.6 Å². The van der Waals surface area contributed by atoms with E-state index in [-0.39, 0.29) is 6.04 Å². The molecule has 0 amide bonds. The first-order valence-corrected chi connectivity index (χ1v) is 6.82. The van der Waals surface area contributed by atoms with Gasteiger partial charge in [-0.15, -0.1) is 0 Å². The molecule has 2 aromatic rings. The first-order valence-electron chi connectivity index (χ1n) is 6.82. The number of fused-ring (bicyclic) bond motifs is 1. The van der Waals surface area contributed by atoms with E-state index in [1.807, 2.05) is 18.7 Å². The number of rotatable bonds is 4. The number of ether oxygens (including phenoxy) is 1. The molecule has 1 atom stereocenters. The van der Waals surface area contributed by atoms with Gasteiger partial charge in [0, 0.05) is 19.2 Å². The van der Waals surface area contributed by atoms with E-state index in [1.165, 1.54) is 22.4 Å². The average molecular weight is 272 g/mol. The first-order chi connectivity index (χ1) is 9.67. The minimum Gasteiger partial charge on any atom is -0.372 e. The van der Waals surface area contributed by atoms with Crippen LogP contribution in [0.15, 0.2) is 24.3 Å². The second-order valence-corrected chi connectivity index (χ2v) is 5.34. The van der Waals surface area contributed by atoms with Crippen LogP contribution in [-0.2, 0) is 31.4 Å². The van der Waals surface area contributed by atoms with Crippen molar-refractivity contribution in [1.29, 1.82) is 0 Å². The van der Waals surface area contributed by atoms with Gasteiger partial charge in [-0.25, -0.2) is 0 Å². The molecule has 1 aromatic carbocycles. The van der Waals surface area contributed by atoms with Crippen molar-refractivity contribution >= 4 is 0 Å². The molecule has 0 radical (unpaired) electrons. The van der Waals surface area contributed by atoms with Crippen LogP contribution >= 0.6 is 0 Å². The van der Waals surface area contributed by atoms with Crippen molar-refractivity contribution in [3.63, 3.8) is 0 Å². The van der Waals surface area contributed by atoms with Crippen molar-refractivity contribution in [1.82, 2.24) is 15.2 Å². The lowest BCUT2D eigenvalue weighted by Gasteiger charge is -2.17. The van der Waals surface area contributed by atoms with Crippen LogP contribution < -0.4 is 11.3 Å². The largest absolute Gasteiger partial charge is 0.372 e. The quantitative estimate of drug-likeness (QED) is 0.654. The number of hydrogen-bond acceptors (Lipinski definition) is 4. The summed E-state index contributed by atoms with van der Waals surface area (Å²) in [6.07, 6.45) is 0.813. The summed E-state index contributed by atoms with van der Waals surface area (Å²) in [4.78, 5) is 0. The molecule has 2 heterocycles. The topological polar surface area (TPSA) is 65.1 Å². The predicted octanol–water partition coefficient (Wildman–Crippen LogP) is 1.51. The molecule has 0 spiro atoms. The van der Waals surface area contributed by atoms with Crippen molar-refractivity contribution in [2.75, 3.05) is 0 Å². The molecule has 106 valence electrons. The molecule has 5 heteroatoms. The van der Waals surface area contributed by atoms with Gasteiger partial charge in [0.05, 0.1) is 24.9 Å². The lowest BCUT2D eigenvalue weighted by Crippen LogP contribution is -2.30. The second-order valence-electron chi connectivity index (χ2n) is 5.34. The van der Waals surface area contributed by atoms with Gasteiger partial charge < -0.3 is 4.74 Å². The second kappa shape index (κ2) is 5.36. The van der Waals surface area contributed by atoms with Gasteiger partial charge >= 0.3 is 0 Å². The van der Waals surface area contributed by atoms with Crippen LogP contribution in [0.1, 0.15) is 34.1 Å². The molecular formula is C15H20N4O. The Labute approximate surface area is 118 Å². The normalized spacial score (nSPS) is 15.3. The van der Waals surface area contributed by atoms with Crippen LogP contribution in [0.25, 0.3) is 0 Å². The Kier molecular flexibility index (Phi) is 3.56. The molecule has 1 aliphatic heterocycles. The molecule has 3 N–H and O–H groups in total. The Bertz CT molecular complexity index is 620. The molecule has 0 fully saturated rings. The van der Waals surface area contributed by atoms with Crippen molar-refractivity contribution in [2.45, 2.75) is 32.6 Å². The Morgan fingerprint density at radius 2 is 2.15 bits per heavy atom. The number of aromatic nitrogens is 2. The van der Waals surface area contributed by atoms with Gasteiger partial charge in [0.15, 0.2) is 0 Å². The van der Waals surface area contributed by atoms with Crippen LogP contribution in [0.5, 0.6) is 0 Å². The van der Waals surface area contributed by atoms with E-state index >= 15 is 0 Å². The maximum atomic E-state index is 5.74. The summed E-state index contributed by atoms with van der Waals surface area (Å²) in [7, 11) is 1.96. The first kappa shape index (κ1) is 13.3. The van der Waals surface area contributed by atoms with Gasteiger partial charge in [-0.1, -0.05) is 18.2 Å². The summed E-state index contributed by atoms with van der Waals surface area (Å²) in [5.74, 6) is 5.74. The number of nitrogens with two attached hydrogens (primary N) is 1. The summed E-state index contributed by atoms with van der Waals surface area (Å²) in [5.41, 5.74) is 8.85. The van der Waals surface area contributed by atoms with Crippen LogP contribution in [0.4, 0.5) is 0 Å². The summed E-state index contributed by atoms with van der Waals surface area (Å²) in [5, 5.41) is 4.38. The Hall–Kier alpha value is -1.69. The Morgan fingerprint density at radius 3 is 2.85 bits per heavy atom. The fourth-order valence-corrected chi connectivity index (χ4v) is 2.75. The molecule has 3 rings (SSSR count). The van der Waals surface area contributed by atoms with Crippen LogP contribution in [-0.4, -0.2) is 9.78 Å². The smallest absolute Gasteiger partial charge is 0.0725 e. The number of nitrogens with one attached hydrogen (secondary N) is 1. The zero-order chi connectivity index (χ0) is 14.1. The van der Waals surface area contributed by atoms with E-state index in [1.54, 1.807) is 0 Å². The average Bonchev–Trinajstić information content (AvgIpc) is 3.01. The van der Waals surface area contributed by atoms with Gasteiger partial charge in [0.2, 0.25) is 0 Å². The van der Waals surface area contributed by atoms with E-state index in [2.05, 4.69) is 34.8 Å². The van der Waals surface area contributed by atoms with Crippen molar-refractivity contribution in [3.05, 3.63) is 52.3 Å². The fourth-order valence-electron chi connectivity index (χ4n) is 2.75. The number of aryl methyl sites for hydroxylation is 2. The molecule has 1 aromatic heterocycles. The van der Waals surface area contributed by atoms with Crippen LogP contribution in [0, 0.1) is 6.92 Å². The van der Waals surface area contributed by atoms with E-state index in [0.717, 1.165) is 18.7 Å². The third-order valence-corrected chi connectivity index (χ3v) is 3.86. The summed E-state index contributed by atoms with van der Waals surface area (Å²) in [6.45, 7) is 3.42. The van der Waals surface area contributed by atoms with Crippen molar-refractivity contribution < 1.29 is 4.74 Å². The SMILES string of the molecule is Cc1cc(CC(NN)c2ccc3c(c2)COC3)n(C)n1. The molecule has 20 heavy (non-hydrogen) atoms. The number of benzene rings is 1. The molecule has 1 aliphatic rings. The van der Waals surface area contributed by atoms with Gasteiger partial charge in [-0.05, 0) is 29.7 Å². The molecular weight excluding hydrogens is 252 g/mol. The third-order valence-electron chi connectivity index (χ3n) is 3.86. The van der Waals surface area contributed by atoms with Crippen LogP contribution in [0.2, 0.25) is 0 Å². The monoisotopic (exact) mass is 272 g/mol. The maximum absolute atomic E-state index is 5.74. The lowest BCUT2D eigenvalue weighted by atomic mass is 9.98. The number of hydrogen-bond donors (Lipinski definition) is 2. The predicted molar refractivity (Wildman–Crippen MR) is 76.6 cm³/mol. The van der Waals surface area contributed by atoms with Gasteiger partial charge in [0.25, 0.3) is 0 Å². The standard InChI is InChI=1S/C15H20N4O/c1-10-5-14(19(2)18-10)7-15(17-16)11-3-4-12-8-20-9-13(12)6-11/h3-6,15,17H,7-9,16H2,1-2H3.